The lowest BCUT2D eigenvalue weighted by Crippen LogP contribution is -2.34. The van der Waals surface area contributed by atoms with Crippen LogP contribution in [-0.4, -0.2) is 22.5 Å². The third-order valence-corrected chi connectivity index (χ3v) is 7.18. The standard InChI is InChI=1S/C28H31ClO4/c1-17-14-21(19-10-8-18(9-11-19)15-23(30)27(2,3)4)22(29)16-20(17)24-25(31)28(33-26(24)32)12-6-5-7-13-28/h8-11,14,16,31H,5-7,12-13,15H2,1-4H3. The minimum absolute atomic E-state index is 0.0481. The van der Waals surface area contributed by atoms with Crippen LogP contribution in [0.4, 0.5) is 0 Å². The molecule has 4 rings (SSSR count). The molecule has 2 aromatic rings. The molecule has 33 heavy (non-hydrogen) atoms. The predicted octanol–water partition coefficient (Wildman–Crippen LogP) is 7.00. The number of aliphatic hydroxyl groups excluding tert-OH is 1. The lowest BCUT2D eigenvalue weighted by atomic mass is 9.82. The van der Waals surface area contributed by atoms with Gasteiger partial charge in [0.25, 0.3) is 0 Å². The summed E-state index contributed by atoms with van der Waals surface area (Å²) in [4.78, 5) is 25.1. The number of ketones is 1. The number of hydrogen-bond donors (Lipinski definition) is 1. The van der Waals surface area contributed by atoms with Gasteiger partial charge in [0.15, 0.2) is 11.4 Å². The minimum atomic E-state index is -0.872. The smallest absolute Gasteiger partial charge is 0.343 e. The molecule has 0 saturated heterocycles. The summed E-state index contributed by atoms with van der Waals surface area (Å²) in [5, 5.41) is 11.5. The highest BCUT2D eigenvalue weighted by atomic mass is 35.5. The molecule has 4 nitrogen and oxygen atoms in total. The lowest BCUT2D eigenvalue weighted by Gasteiger charge is -2.31. The summed E-state index contributed by atoms with van der Waals surface area (Å²) >= 11 is 6.66. The maximum atomic E-state index is 12.8. The number of hydrogen-bond acceptors (Lipinski definition) is 4. The first-order valence-electron chi connectivity index (χ1n) is 11.6. The van der Waals surface area contributed by atoms with E-state index >= 15 is 0 Å². The second-order valence-electron chi connectivity index (χ2n) is 10.4. The highest BCUT2D eigenvalue weighted by Gasteiger charge is 2.49. The molecule has 0 bridgehead atoms. The summed E-state index contributed by atoms with van der Waals surface area (Å²) in [6, 6.07) is 11.5. The lowest BCUT2D eigenvalue weighted by molar-refractivity contribution is -0.149. The molecule has 1 spiro atoms. The fourth-order valence-electron chi connectivity index (χ4n) is 4.73. The molecule has 1 saturated carbocycles. The van der Waals surface area contributed by atoms with Gasteiger partial charge in [-0.05, 0) is 67.0 Å². The van der Waals surface area contributed by atoms with Gasteiger partial charge in [-0.3, -0.25) is 4.79 Å². The van der Waals surface area contributed by atoms with E-state index in [-0.39, 0.29) is 22.5 Å². The Morgan fingerprint density at radius 2 is 1.70 bits per heavy atom. The maximum absolute atomic E-state index is 12.8. The Hall–Kier alpha value is -2.59. The van der Waals surface area contributed by atoms with Crippen molar-refractivity contribution in [1.29, 1.82) is 0 Å². The summed E-state index contributed by atoms with van der Waals surface area (Å²) in [5.74, 6) is -0.234. The molecule has 2 aromatic carbocycles. The van der Waals surface area contributed by atoms with Crippen LogP contribution in [0.15, 0.2) is 42.2 Å². The number of esters is 1. The summed E-state index contributed by atoms with van der Waals surface area (Å²) < 4.78 is 5.71. The zero-order chi connectivity index (χ0) is 24.0. The van der Waals surface area contributed by atoms with Gasteiger partial charge in [0.05, 0.1) is 0 Å². The summed E-state index contributed by atoms with van der Waals surface area (Å²) in [7, 11) is 0. The molecular formula is C28H31ClO4. The molecule has 1 aliphatic heterocycles. The number of aliphatic hydroxyl groups is 1. The van der Waals surface area contributed by atoms with Crippen molar-refractivity contribution in [2.45, 2.75) is 71.8 Å². The van der Waals surface area contributed by atoms with Crippen LogP contribution in [-0.2, 0) is 20.7 Å². The fourth-order valence-corrected chi connectivity index (χ4v) is 5.00. The van der Waals surface area contributed by atoms with E-state index in [1.54, 1.807) is 6.07 Å². The molecule has 0 aromatic heterocycles. The van der Waals surface area contributed by atoms with Crippen molar-refractivity contribution in [2.24, 2.45) is 5.41 Å². The van der Waals surface area contributed by atoms with Gasteiger partial charge in [-0.15, -0.1) is 0 Å². The number of carbonyl (C=O) groups is 2. The van der Waals surface area contributed by atoms with E-state index in [0.29, 0.717) is 29.8 Å². The van der Waals surface area contributed by atoms with Crippen molar-refractivity contribution in [2.75, 3.05) is 0 Å². The molecule has 1 heterocycles. The molecule has 174 valence electrons. The van der Waals surface area contributed by atoms with Crippen LogP contribution in [0.3, 0.4) is 0 Å². The van der Waals surface area contributed by atoms with E-state index in [9.17, 15) is 14.7 Å². The minimum Gasteiger partial charge on any atom is -0.507 e. The van der Waals surface area contributed by atoms with E-state index in [2.05, 4.69) is 0 Å². The number of carbonyl (C=O) groups excluding carboxylic acids is 2. The second kappa shape index (κ2) is 8.64. The average Bonchev–Trinajstić information content (AvgIpc) is 2.99. The summed E-state index contributed by atoms with van der Waals surface area (Å²) in [6.45, 7) is 7.69. The van der Waals surface area contributed by atoms with Gasteiger partial charge >= 0.3 is 5.97 Å². The SMILES string of the molecule is Cc1cc(-c2ccc(CC(=O)C(C)(C)C)cc2)c(Cl)cc1C1=C(O)C2(CCCCC2)OC1=O. The third kappa shape index (κ3) is 4.46. The van der Waals surface area contributed by atoms with Gasteiger partial charge in [-0.25, -0.2) is 4.79 Å². The molecule has 1 aliphatic carbocycles. The second-order valence-corrected chi connectivity index (χ2v) is 10.8. The van der Waals surface area contributed by atoms with Gasteiger partial charge in [0.1, 0.15) is 11.4 Å². The van der Waals surface area contributed by atoms with E-state index in [4.69, 9.17) is 16.3 Å². The van der Waals surface area contributed by atoms with Crippen LogP contribution in [0.1, 0.15) is 69.6 Å². The van der Waals surface area contributed by atoms with Crippen molar-refractivity contribution < 1.29 is 19.4 Å². The Kier molecular flexibility index (Phi) is 6.17. The predicted molar refractivity (Wildman–Crippen MR) is 131 cm³/mol. The van der Waals surface area contributed by atoms with Gasteiger partial charge < -0.3 is 9.84 Å². The van der Waals surface area contributed by atoms with Crippen LogP contribution in [0.25, 0.3) is 16.7 Å². The van der Waals surface area contributed by atoms with Crippen molar-refractivity contribution in [3.63, 3.8) is 0 Å². The van der Waals surface area contributed by atoms with Crippen LogP contribution < -0.4 is 0 Å². The zero-order valence-electron chi connectivity index (χ0n) is 19.8. The van der Waals surface area contributed by atoms with Crippen molar-refractivity contribution in [3.8, 4) is 11.1 Å². The summed E-state index contributed by atoms with van der Waals surface area (Å²) in [6.07, 6.45) is 4.66. The highest BCUT2D eigenvalue weighted by molar-refractivity contribution is 6.34. The van der Waals surface area contributed by atoms with Crippen LogP contribution in [0.2, 0.25) is 5.02 Å². The Bertz CT molecular complexity index is 1130. The molecule has 0 unspecified atom stereocenters. The average molecular weight is 467 g/mol. The topological polar surface area (TPSA) is 63.6 Å². The van der Waals surface area contributed by atoms with Crippen LogP contribution >= 0.6 is 11.6 Å². The van der Waals surface area contributed by atoms with E-state index in [1.807, 2.05) is 58.0 Å². The third-order valence-electron chi connectivity index (χ3n) is 6.87. The summed E-state index contributed by atoms with van der Waals surface area (Å²) in [5.41, 5.74) is 3.18. The van der Waals surface area contributed by atoms with Crippen LogP contribution in [0, 0.1) is 12.3 Å². The quantitative estimate of drug-likeness (QED) is 0.492. The molecule has 2 aliphatic rings. The molecule has 0 radical (unpaired) electrons. The number of aryl methyl sites for hydroxylation is 1. The van der Waals surface area contributed by atoms with Crippen molar-refractivity contribution >= 4 is 28.9 Å². The largest absolute Gasteiger partial charge is 0.507 e. The first-order chi connectivity index (χ1) is 15.5. The first-order valence-corrected chi connectivity index (χ1v) is 12.0. The zero-order valence-corrected chi connectivity index (χ0v) is 20.5. The number of ether oxygens (including phenoxy) is 1. The van der Waals surface area contributed by atoms with E-state index < -0.39 is 11.6 Å². The Labute approximate surface area is 200 Å². The molecule has 0 atom stereocenters. The number of rotatable bonds is 4. The van der Waals surface area contributed by atoms with Crippen molar-refractivity contribution in [3.05, 3.63) is 63.9 Å². The highest BCUT2D eigenvalue weighted by Crippen LogP contribution is 2.46. The number of Topliss-reactive ketones (excluding diaryl/α,β-unsaturated/α-hetero) is 1. The Morgan fingerprint density at radius 3 is 2.30 bits per heavy atom. The number of benzene rings is 2. The molecular weight excluding hydrogens is 436 g/mol. The molecule has 0 amide bonds. The van der Waals surface area contributed by atoms with Gasteiger partial charge in [0, 0.05) is 22.4 Å². The van der Waals surface area contributed by atoms with E-state index in [1.165, 1.54) is 0 Å². The maximum Gasteiger partial charge on any atom is 0.343 e. The van der Waals surface area contributed by atoms with Crippen LogP contribution in [0.5, 0.6) is 0 Å². The molecule has 1 N–H and O–H groups in total. The normalized spacial score (nSPS) is 18.0. The molecule has 5 heteroatoms. The van der Waals surface area contributed by atoms with E-state index in [0.717, 1.165) is 41.5 Å². The number of halogens is 1. The molecule has 1 fully saturated rings. The fraction of sp³-hybridized carbons (Fsp3) is 0.429. The first kappa shape index (κ1) is 23.6. The van der Waals surface area contributed by atoms with Gasteiger partial charge in [0.2, 0.25) is 0 Å². The van der Waals surface area contributed by atoms with Crippen molar-refractivity contribution in [1.82, 2.24) is 0 Å². The van der Waals surface area contributed by atoms with Gasteiger partial charge in [-0.1, -0.05) is 63.1 Å². The van der Waals surface area contributed by atoms with Gasteiger partial charge in [-0.2, -0.15) is 0 Å². The monoisotopic (exact) mass is 466 g/mol. The Morgan fingerprint density at radius 1 is 1.06 bits per heavy atom. The Balaban J connectivity index is 1.64.